The molecule has 4 aliphatic carbocycles. The molecule has 0 amide bonds. The zero-order valence-electron chi connectivity index (χ0n) is 24.7. The van der Waals surface area contributed by atoms with Crippen LogP contribution >= 0.6 is 0 Å². The highest BCUT2D eigenvalue weighted by Gasteiger charge is 2.68. The fourth-order valence-corrected chi connectivity index (χ4v) is 7.15. The highest BCUT2D eigenvalue weighted by Crippen LogP contribution is 2.65. The Morgan fingerprint density at radius 3 is 1.98 bits per heavy atom. The first-order valence-corrected chi connectivity index (χ1v) is 15.2. The van der Waals surface area contributed by atoms with Crippen LogP contribution in [0.2, 0.25) is 0 Å². The SMILES string of the molecule is C=C(C)C(=O)OC1(C)C2CC3CC1CC(C(=O)OC(C(F)(F)F)C(F)(F)S(=O)(=O)[O-])(C3)C2.C[N+](C)(C)Cc1ccccc1. The van der Waals surface area contributed by atoms with Crippen LogP contribution in [0.5, 0.6) is 0 Å². The molecule has 8 nitrogen and oxygen atoms in total. The van der Waals surface area contributed by atoms with Crippen LogP contribution in [0.1, 0.15) is 51.5 Å². The Bertz CT molecular complexity index is 1310. The lowest BCUT2D eigenvalue weighted by molar-refractivity contribution is -0.884. The third-order valence-electron chi connectivity index (χ3n) is 8.57. The molecule has 242 valence electrons. The number of halogens is 5. The second kappa shape index (κ2) is 11.7. The highest BCUT2D eigenvalue weighted by molar-refractivity contribution is 7.86. The van der Waals surface area contributed by atoms with E-state index < -0.39 is 62.4 Å². The van der Waals surface area contributed by atoms with Gasteiger partial charge in [0.05, 0.1) is 26.6 Å². The standard InChI is InChI=1S/C19H23F5O7S.C10H16N/c1-9(2)13(25)31-16(3)11-4-10-5-12(16)8-17(6-10,7-11)15(26)30-14(18(20,21)22)19(23,24)32(27,28)29;1-11(2,3)9-10-7-5-4-6-8-10/h10-12,14H,1,4-8H2,2-3H3,(H,27,28,29);4-8H,9H2,1-3H3/q;+1/p-1. The van der Waals surface area contributed by atoms with Gasteiger partial charge in [-0.05, 0) is 51.9 Å². The molecule has 1 aromatic rings. The molecule has 0 aromatic heterocycles. The molecule has 43 heavy (non-hydrogen) atoms. The van der Waals surface area contributed by atoms with Crippen LogP contribution in [0.4, 0.5) is 22.0 Å². The molecule has 3 unspecified atom stereocenters. The van der Waals surface area contributed by atoms with Crippen LogP contribution in [-0.2, 0) is 35.7 Å². The van der Waals surface area contributed by atoms with Gasteiger partial charge in [-0.1, -0.05) is 36.9 Å². The molecule has 5 rings (SSSR count). The smallest absolute Gasteiger partial charge is 0.432 e. The van der Waals surface area contributed by atoms with Gasteiger partial charge in [0.1, 0.15) is 12.1 Å². The fourth-order valence-electron chi connectivity index (χ4n) is 6.71. The van der Waals surface area contributed by atoms with E-state index >= 15 is 0 Å². The Balaban J connectivity index is 0.000000386. The predicted molar refractivity (Wildman–Crippen MR) is 144 cm³/mol. The molecule has 0 aliphatic heterocycles. The Morgan fingerprint density at radius 1 is 1.05 bits per heavy atom. The average molecular weight is 640 g/mol. The van der Waals surface area contributed by atoms with Crippen molar-refractivity contribution in [1.29, 1.82) is 0 Å². The number of hydrogen-bond donors (Lipinski definition) is 0. The molecule has 0 saturated heterocycles. The quantitative estimate of drug-likeness (QED) is 0.127. The summed E-state index contributed by atoms with van der Waals surface area (Å²) in [6.45, 7) is 7.72. The van der Waals surface area contributed by atoms with Gasteiger partial charge < -0.3 is 18.5 Å². The first-order chi connectivity index (χ1) is 19.4. The lowest BCUT2D eigenvalue weighted by atomic mass is 9.45. The molecule has 4 saturated carbocycles. The van der Waals surface area contributed by atoms with Gasteiger partial charge in [0.25, 0.3) is 6.10 Å². The number of quaternary nitrogens is 1. The third-order valence-corrected chi connectivity index (χ3v) is 9.45. The van der Waals surface area contributed by atoms with E-state index in [9.17, 15) is 44.5 Å². The summed E-state index contributed by atoms with van der Waals surface area (Å²) in [6, 6.07) is 10.6. The van der Waals surface area contributed by atoms with E-state index in [-0.39, 0.29) is 30.8 Å². The van der Waals surface area contributed by atoms with Gasteiger partial charge in [-0.3, -0.25) is 4.79 Å². The van der Waals surface area contributed by atoms with E-state index in [4.69, 9.17) is 4.74 Å². The van der Waals surface area contributed by atoms with E-state index in [0.29, 0.717) is 12.8 Å². The zero-order chi connectivity index (χ0) is 32.8. The number of carbonyl (C=O) groups excluding carboxylic acids is 2. The minimum absolute atomic E-state index is 0.0730. The lowest BCUT2D eigenvalue weighted by Crippen LogP contribution is -2.64. The summed E-state index contributed by atoms with van der Waals surface area (Å²) in [4.78, 5) is 24.9. The number of ether oxygens (including phenoxy) is 2. The molecule has 4 aliphatic rings. The first-order valence-electron chi connectivity index (χ1n) is 13.8. The van der Waals surface area contributed by atoms with Crippen LogP contribution in [0.3, 0.4) is 0 Å². The lowest BCUT2D eigenvalue weighted by Gasteiger charge is -2.62. The summed E-state index contributed by atoms with van der Waals surface area (Å²) in [5.74, 6) is -3.31. The van der Waals surface area contributed by atoms with Gasteiger partial charge in [-0.2, -0.15) is 22.0 Å². The number of alkyl halides is 5. The molecule has 4 bridgehead atoms. The van der Waals surface area contributed by atoms with Crippen molar-refractivity contribution < 1.29 is 58.5 Å². The van der Waals surface area contributed by atoms with Gasteiger partial charge in [-0.15, -0.1) is 0 Å². The second-order valence-electron chi connectivity index (χ2n) is 13.3. The minimum Gasteiger partial charge on any atom is -0.743 e. The Morgan fingerprint density at radius 2 is 1.56 bits per heavy atom. The maximum Gasteiger partial charge on any atom is 0.432 e. The van der Waals surface area contributed by atoms with Crippen molar-refractivity contribution in [2.24, 2.45) is 23.2 Å². The van der Waals surface area contributed by atoms with Crippen molar-refractivity contribution in [1.82, 2.24) is 0 Å². The number of nitrogens with zero attached hydrogens (tertiary/aromatic N) is 1. The van der Waals surface area contributed by atoms with Crippen LogP contribution < -0.4 is 0 Å². The third kappa shape index (κ3) is 7.56. The van der Waals surface area contributed by atoms with E-state index in [0.717, 1.165) is 11.0 Å². The summed E-state index contributed by atoms with van der Waals surface area (Å²) in [5, 5.41) is -5.89. The van der Waals surface area contributed by atoms with Gasteiger partial charge in [0.15, 0.2) is 10.1 Å². The van der Waals surface area contributed by atoms with E-state index in [2.05, 4.69) is 62.8 Å². The predicted octanol–water partition coefficient (Wildman–Crippen LogP) is 5.20. The molecular formula is C29H38F5NO7S. The number of benzene rings is 1. The fraction of sp³-hybridized carbons (Fsp3) is 0.655. The van der Waals surface area contributed by atoms with Crippen molar-refractivity contribution in [3.05, 3.63) is 48.0 Å². The molecule has 0 N–H and O–H groups in total. The number of rotatable bonds is 8. The molecule has 4 fully saturated rings. The van der Waals surface area contributed by atoms with Gasteiger partial charge in [0, 0.05) is 23.0 Å². The molecule has 0 heterocycles. The van der Waals surface area contributed by atoms with Crippen LogP contribution in [0.25, 0.3) is 0 Å². The Labute approximate surface area is 248 Å². The molecule has 3 atom stereocenters. The normalized spacial score (nSPS) is 29.2. The van der Waals surface area contributed by atoms with Crippen LogP contribution in [0.15, 0.2) is 42.5 Å². The highest BCUT2D eigenvalue weighted by atomic mass is 32.2. The maximum absolute atomic E-state index is 13.8. The van der Waals surface area contributed by atoms with Crippen LogP contribution in [-0.4, -0.2) is 73.7 Å². The minimum atomic E-state index is -6.77. The van der Waals surface area contributed by atoms with Crippen molar-refractivity contribution >= 4 is 22.1 Å². The molecule has 0 radical (unpaired) electrons. The van der Waals surface area contributed by atoms with E-state index in [1.54, 1.807) is 6.92 Å². The summed E-state index contributed by atoms with van der Waals surface area (Å²) in [5.41, 5.74) is -1.05. The van der Waals surface area contributed by atoms with Gasteiger partial charge in [0.2, 0.25) is 0 Å². The molecular weight excluding hydrogens is 601 g/mol. The Kier molecular flexibility index (Phi) is 9.52. The molecule has 14 heteroatoms. The average Bonchev–Trinajstić information content (AvgIpc) is 2.83. The Hall–Kier alpha value is -2.58. The van der Waals surface area contributed by atoms with Gasteiger partial charge in [-0.25, -0.2) is 13.2 Å². The first kappa shape index (κ1) is 34.9. The summed E-state index contributed by atoms with van der Waals surface area (Å²) >= 11 is 0. The molecule has 0 spiro atoms. The zero-order valence-corrected chi connectivity index (χ0v) is 25.6. The van der Waals surface area contributed by atoms with Crippen LogP contribution in [0, 0.1) is 23.2 Å². The van der Waals surface area contributed by atoms with E-state index in [1.807, 2.05) is 0 Å². The maximum atomic E-state index is 13.8. The summed E-state index contributed by atoms with van der Waals surface area (Å²) in [6.07, 6.45) is -9.49. The van der Waals surface area contributed by atoms with Gasteiger partial charge >= 0.3 is 23.4 Å². The summed E-state index contributed by atoms with van der Waals surface area (Å²) in [7, 11) is -0.169. The second-order valence-corrected chi connectivity index (χ2v) is 14.7. The summed E-state index contributed by atoms with van der Waals surface area (Å²) < 4.78 is 110. The van der Waals surface area contributed by atoms with Crippen molar-refractivity contribution in [2.45, 2.75) is 75.6 Å². The molecule has 1 aromatic carbocycles. The number of carbonyl (C=O) groups is 2. The monoisotopic (exact) mass is 639 g/mol. The van der Waals surface area contributed by atoms with Crippen molar-refractivity contribution in [3.63, 3.8) is 0 Å². The topological polar surface area (TPSA) is 110 Å². The number of esters is 2. The van der Waals surface area contributed by atoms with Crippen molar-refractivity contribution in [3.8, 4) is 0 Å². The van der Waals surface area contributed by atoms with Crippen molar-refractivity contribution in [2.75, 3.05) is 21.1 Å². The number of hydrogen-bond acceptors (Lipinski definition) is 7. The largest absolute Gasteiger partial charge is 0.743 e. The van der Waals surface area contributed by atoms with E-state index in [1.165, 1.54) is 12.5 Å².